The van der Waals surface area contributed by atoms with E-state index >= 15 is 0 Å². The molecule has 92 valence electrons. The third-order valence-electron chi connectivity index (χ3n) is 3.69. The van der Waals surface area contributed by atoms with Crippen molar-refractivity contribution in [2.24, 2.45) is 5.92 Å². The van der Waals surface area contributed by atoms with Crippen LogP contribution in [-0.4, -0.2) is 25.5 Å². The lowest BCUT2D eigenvalue weighted by Gasteiger charge is -2.24. The van der Waals surface area contributed by atoms with Gasteiger partial charge >= 0.3 is 0 Å². The summed E-state index contributed by atoms with van der Waals surface area (Å²) < 4.78 is 5.40. The topological polar surface area (TPSA) is 21.3 Å². The summed E-state index contributed by atoms with van der Waals surface area (Å²) in [5.74, 6) is 1.99. The van der Waals surface area contributed by atoms with Gasteiger partial charge in [0.15, 0.2) is 0 Å². The molecule has 1 aromatic rings. The van der Waals surface area contributed by atoms with Gasteiger partial charge in [-0.25, -0.2) is 0 Å². The monoisotopic (exact) mass is 249 g/mol. The van der Waals surface area contributed by atoms with Gasteiger partial charge < -0.3 is 10.1 Å². The minimum atomic E-state index is 0.555. The molecule has 3 heteroatoms. The van der Waals surface area contributed by atoms with Gasteiger partial charge in [-0.15, -0.1) is 11.8 Å². The predicted octanol–water partition coefficient (Wildman–Crippen LogP) is 2.85. The number of fused-ring (bicyclic) bond motifs is 1. The molecule has 1 fully saturated rings. The van der Waals surface area contributed by atoms with E-state index in [0.29, 0.717) is 6.04 Å². The number of thioether (sulfide) groups is 1. The summed E-state index contributed by atoms with van der Waals surface area (Å²) in [5.41, 5.74) is 1.49. The molecule has 0 aliphatic carbocycles. The van der Waals surface area contributed by atoms with Crippen molar-refractivity contribution in [2.75, 3.05) is 25.5 Å². The number of benzene rings is 1. The van der Waals surface area contributed by atoms with Gasteiger partial charge in [-0.1, -0.05) is 18.2 Å². The maximum atomic E-state index is 5.40. The number of nitrogens with one attached hydrogen (secondary N) is 1. The fraction of sp³-hybridized carbons (Fsp3) is 0.571. The number of hydrogen-bond acceptors (Lipinski definition) is 3. The summed E-state index contributed by atoms with van der Waals surface area (Å²) in [7, 11) is 0. The number of rotatable bonds is 3. The Labute approximate surface area is 107 Å². The highest BCUT2D eigenvalue weighted by Crippen LogP contribution is 2.37. The molecule has 0 bridgehead atoms. The Hall–Kier alpha value is -0.510. The maximum absolute atomic E-state index is 5.40. The molecule has 1 saturated heterocycles. The molecule has 0 radical (unpaired) electrons. The minimum Gasteiger partial charge on any atom is -0.381 e. The molecular formula is C14H19NOS. The molecule has 0 aromatic heterocycles. The van der Waals surface area contributed by atoms with Crippen molar-refractivity contribution in [1.29, 1.82) is 0 Å². The summed E-state index contributed by atoms with van der Waals surface area (Å²) in [5, 5.41) is 3.73. The molecule has 2 nitrogen and oxygen atoms in total. The zero-order chi connectivity index (χ0) is 11.5. The Balaban J connectivity index is 1.56. The second-order valence-corrected chi connectivity index (χ2v) is 5.93. The molecule has 2 aliphatic rings. The molecule has 17 heavy (non-hydrogen) atoms. The average molecular weight is 249 g/mol. The van der Waals surface area contributed by atoms with Gasteiger partial charge in [0.2, 0.25) is 0 Å². The fourth-order valence-electron chi connectivity index (χ4n) is 2.59. The van der Waals surface area contributed by atoms with Crippen molar-refractivity contribution in [2.45, 2.75) is 23.8 Å². The number of hydrogen-bond donors (Lipinski definition) is 1. The first-order chi connectivity index (χ1) is 8.43. The second kappa shape index (κ2) is 5.42. The maximum Gasteiger partial charge on any atom is 0.0469 e. The van der Waals surface area contributed by atoms with E-state index in [1.165, 1.54) is 29.1 Å². The molecule has 0 saturated carbocycles. The molecule has 0 amide bonds. The molecule has 0 spiro atoms. The molecule has 3 rings (SSSR count). The Morgan fingerprint density at radius 3 is 2.94 bits per heavy atom. The molecule has 2 heterocycles. The molecule has 1 aromatic carbocycles. The molecule has 1 atom stereocenters. The van der Waals surface area contributed by atoms with Gasteiger partial charge in [0, 0.05) is 29.9 Å². The average Bonchev–Trinajstić information content (AvgIpc) is 2.81. The van der Waals surface area contributed by atoms with Crippen LogP contribution in [-0.2, 0) is 4.74 Å². The second-order valence-electron chi connectivity index (χ2n) is 4.87. The Bertz CT molecular complexity index is 376. The van der Waals surface area contributed by atoms with E-state index in [-0.39, 0.29) is 0 Å². The summed E-state index contributed by atoms with van der Waals surface area (Å²) in [4.78, 5) is 1.46. The van der Waals surface area contributed by atoms with E-state index in [9.17, 15) is 0 Å². The van der Waals surface area contributed by atoms with Crippen LogP contribution in [0.15, 0.2) is 29.2 Å². The molecular weight excluding hydrogens is 230 g/mol. The Morgan fingerprint density at radius 2 is 2.06 bits per heavy atom. The van der Waals surface area contributed by atoms with Crippen LogP contribution in [0.4, 0.5) is 0 Å². The summed E-state index contributed by atoms with van der Waals surface area (Å²) in [6.07, 6.45) is 2.43. The van der Waals surface area contributed by atoms with Gasteiger partial charge in [-0.3, -0.25) is 0 Å². The van der Waals surface area contributed by atoms with Crippen LogP contribution in [0.5, 0.6) is 0 Å². The Kier molecular flexibility index (Phi) is 3.69. The summed E-state index contributed by atoms with van der Waals surface area (Å²) in [6.45, 7) is 3.04. The van der Waals surface area contributed by atoms with E-state index in [2.05, 4.69) is 29.6 Å². The third kappa shape index (κ3) is 2.67. The standard InChI is InChI=1S/C14H19NOS/c1-2-4-14-12(3-1)13(10-17-14)15-9-11-5-7-16-8-6-11/h1-4,11,13,15H,5-10H2. The van der Waals surface area contributed by atoms with Crippen molar-refractivity contribution in [1.82, 2.24) is 5.32 Å². The van der Waals surface area contributed by atoms with Crippen LogP contribution < -0.4 is 5.32 Å². The highest BCUT2D eigenvalue weighted by atomic mass is 32.2. The van der Waals surface area contributed by atoms with E-state index in [0.717, 1.165) is 25.7 Å². The van der Waals surface area contributed by atoms with Crippen LogP contribution in [0.3, 0.4) is 0 Å². The lowest BCUT2D eigenvalue weighted by atomic mass is 9.99. The van der Waals surface area contributed by atoms with E-state index in [4.69, 9.17) is 4.74 Å². The summed E-state index contributed by atoms with van der Waals surface area (Å²) >= 11 is 1.98. The quantitative estimate of drug-likeness (QED) is 0.890. The van der Waals surface area contributed by atoms with E-state index in [1.807, 2.05) is 11.8 Å². The van der Waals surface area contributed by atoms with Crippen LogP contribution in [0.2, 0.25) is 0 Å². The van der Waals surface area contributed by atoms with E-state index in [1.54, 1.807) is 0 Å². The van der Waals surface area contributed by atoms with Crippen molar-refractivity contribution in [3.05, 3.63) is 29.8 Å². The van der Waals surface area contributed by atoms with Crippen molar-refractivity contribution < 1.29 is 4.74 Å². The lowest BCUT2D eigenvalue weighted by molar-refractivity contribution is 0.0656. The normalized spacial score (nSPS) is 24.8. The van der Waals surface area contributed by atoms with Crippen LogP contribution >= 0.6 is 11.8 Å². The highest BCUT2D eigenvalue weighted by Gasteiger charge is 2.23. The molecule has 2 aliphatic heterocycles. The van der Waals surface area contributed by atoms with Crippen molar-refractivity contribution >= 4 is 11.8 Å². The molecule has 1 N–H and O–H groups in total. The minimum absolute atomic E-state index is 0.555. The zero-order valence-electron chi connectivity index (χ0n) is 10.0. The fourth-order valence-corrected chi connectivity index (χ4v) is 3.79. The smallest absolute Gasteiger partial charge is 0.0469 e. The largest absolute Gasteiger partial charge is 0.381 e. The van der Waals surface area contributed by atoms with Crippen molar-refractivity contribution in [3.63, 3.8) is 0 Å². The summed E-state index contributed by atoms with van der Waals surface area (Å²) in [6, 6.07) is 9.33. The first-order valence-corrected chi connectivity index (χ1v) is 7.45. The number of ether oxygens (including phenoxy) is 1. The van der Waals surface area contributed by atoms with Gasteiger partial charge in [-0.2, -0.15) is 0 Å². The van der Waals surface area contributed by atoms with Crippen LogP contribution in [0, 0.1) is 5.92 Å². The van der Waals surface area contributed by atoms with Crippen LogP contribution in [0.1, 0.15) is 24.4 Å². The third-order valence-corrected chi connectivity index (χ3v) is 4.88. The van der Waals surface area contributed by atoms with Gasteiger partial charge in [-0.05, 0) is 36.9 Å². The molecule has 1 unspecified atom stereocenters. The van der Waals surface area contributed by atoms with Crippen LogP contribution in [0.25, 0.3) is 0 Å². The van der Waals surface area contributed by atoms with E-state index < -0.39 is 0 Å². The first kappa shape index (κ1) is 11.6. The SMILES string of the molecule is c1ccc2c(c1)SCC2NCC1CCOCC1. The highest BCUT2D eigenvalue weighted by molar-refractivity contribution is 7.99. The first-order valence-electron chi connectivity index (χ1n) is 6.46. The zero-order valence-corrected chi connectivity index (χ0v) is 10.8. The van der Waals surface area contributed by atoms with Gasteiger partial charge in [0.1, 0.15) is 0 Å². The van der Waals surface area contributed by atoms with Gasteiger partial charge in [0.25, 0.3) is 0 Å². The predicted molar refractivity (Wildman–Crippen MR) is 71.5 cm³/mol. The lowest BCUT2D eigenvalue weighted by Crippen LogP contribution is -2.30. The van der Waals surface area contributed by atoms with Gasteiger partial charge in [0.05, 0.1) is 0 Å². The Morgan fingerprint density at radius 1 is 1.24 bits per heavy atom. The van der Waals surface area contributed by atoms with Crippen molar-refractivity contribution in [3.8, 4) is 0 Å².